The summed E-state index contributed by atoms with van der Waals surface area (Å²) in [5, 5.41) is 3.80. The molecule has 1 aliphatic heterocycles. The highest BCUT2D eigenvalue weighted by Crippen LogP contribution is 2.39. The van der Waals surface area contributed by atoms with Crippen LogP contribution in [0.2, 0.25) is 0 Å². The third-order valence-corrected chi connectivity index (χ3v) is 7.14. The number of benzene rings is 3. The van der Waals surface area contributed by atoms with Gasteiger partial charge in [0.25, 0.3) is 0 Å². The van der Waals surface area contributed by atoms with Crippen molar-refractivity contribution in [3.8, 4) is 5.75 Å². The molecule has 33 heavy (non-hydrogen) atoms. The first-order chi connectivity index (χ1) is 16.3. The molecule has 0 bridgehead atoms. The second kappa shape index (κ2) is 10.3. The SMILES string of the molecule is CCN1CN(C2CCC(NCc3ccc(OCc4ccccc4)cc3)CC2)c2ccccc21. The van der Waals surface area contributed by atoms with Gasteiger partial charge in [-0.3, -0.25) is 0 Å². The van der Waals surface area contributed by atoms with E-state index in [-0.39, 0.29) is 0 Å². The van der Waals surface area contributed by atoms with Crippen molar-refractivity contribution in [3.63, 3.8) is 0 Å². The minimum absolute atomic E-state index is 0.607. The van der Waals surface area contributed by atoms with Gasteiger partial charge in [0.05, 0.1) is 18.0 Å². The minimum atomic E-state index is 0.607. The van der Waals surface area contributed by atoms with Crippen LogP contribution in [0.3, 0.4) is 0 Å². The summed E-state index contributed by atoms with van der Waals surface area (Å²) in [5.41, 5.74) is 5.33. The van der Waals surface area contributed by atoms with Crippen LogP contribution in [0.5, 0.6) is 5.75 Å². The topological polar surface area (TPSA) is 27.7 Å². The predicted octanol–water partition coefficient (Wildman–Crippen LogP) is 5.97. The largest absolute Gasteiger partial charge is 0.489 e. The van der Waals surface area contributed by atoms with Gasteiger partial charge in [-0.25, -0.2) is 0 Å². The summed E-state index contributed by atoms with van der Waals surface area (Å²) in [7, 11) is 0. The summed E-state index contributed by atoms with van der Waals surface area (Å²) in [6, 6.07) is 29.0. The highest BCUT2D eigenvalue weighted by molar-refractivity contribution is 5.76. The van der Waals surface area contributed by atoms with Crippen LogP contribution in [-0.2, 0) is 13.2 Å². The maximum absolute atomic E-state index is 5.91. The zero-order chi connectivity index (χ0) is 22.5. The van der Waals surface area contributed by atoms with Gasteiger partial charge in [0.15, 0.2) is 0 Å². The average molecular weight is 442 g/mol. The van der Waals surface area contributed by atoms with Crippen molar-refractivity contribution in [3.05, 3.63) is 90.0 Å². The molecule has 0 saturated heterocycles. The molecule has 5 rings (SSSR count). The normalized spacial score (nSPS) is 20.0. The predicted molar refractivity (Wildman–Crippen MR) is 137 cm³/mol. The van der Waals surface area contributed by atoms with Gasteiger partial charge in [-0.2, -0.15) is 0 Å². The lowest BCUT2D eigenvalue weighted by molar-refractivity contribution is 0.306. The van der Waals surface area contributed by atoms with Gasteiger partial charge in [0.1, 0.15) is 12.4 Å². The zero-order valence-electron chi connectivity index (χ0n) is 19.6. The maximum atomic E-state index is 5.91. The molecule has 4 heteroatoms. The third kappa shape index (κ3) is 5.17. The fraction of sp³-hybridized carbons (Fsp3) is 0.379. The van der Waals surface area contributed by atoms with Gasteiger partial charge < -0.3 is 19.9 Å². The molecule has 0 amide bonds. The van der Waals surface area contributed by atoms with Gasteiger partial charge in [-0.1, -0.05) is 54.6 Å². The van der Waals surface area contributed by atoms with Crippen LogP contribution in [0.25, 0.3) is 0 Å². The summed E-state index contributed by atoms with van der Waals surface area (Å²) >= 11 is 0. The number of ether oxygens (including phenoxy) is 1. The standard InChI is InChI=1S/C29H35N3O/c1-2-31-22-32(29-11-7-6-10-28(29)31)26-16-14-25(15-17-26)30-20-23-12-18-27(19-13-23)33-21-24-8-4-3-5-9-24/h3-13,18-19,25-26,30H,2,14-17,20-22H2,1H3. The monoisotopic (exact) mass is 441 g/mol. The first-order valence-corrected chi connectivity index (χ1v) is 12.4. The quantitative estimate of drug-likeness (QED) is 0.466. The Kier molecular flexibility index (Phi) is 6.82. The van der Waals surface area contributed by atoms with Crippen LogP contribution in [0.1, 0.15) is 43.7 Å². The summed E-state index contributed by atoms with van der Waals surface area (Å²) in [6.45, 7) is 5.89. The molecule has 0 aromatic heterocycles. The Bertz CT molecular complexity index is 1010. The molecule has 2 aliphatic rings. The molecular weight excluding hydrogens is 406 g/mol. The fourth-order valence-corrected chi connectivity index (χ4v) is 5.19. The van der Waals surface area contributed by atoms with E-state index in [1.807, 2.05) is 18.2 Å². The fourth-order valence-electron chi connectivity index (χ4n) is 5.19. The number of nitrogens with zero attached hydrogens (tertiary/aromatic N) is 2. The number of hydrogen-bond donors (Lipinski definition) is 1. The van der Waals surface area contributed by atoms with Gasteiger partial charge in [-0.15, -0.1) is 0 Å². The second-order valence-corrected chi connectivity index (χ2v) is 9.26. The number of hydrogen-bond acceptors (Lipinski definition) is 4. The number of rotatable bonds is 8. The lowest BCUT2D eigenvalue weighted by Crippen LogP contribution is -2.43. The van der Waals surface area contributed by atoms with Crippen molar-refractivity contribution in [1.29, 1.82) is 0 Å². The van der Waals surface area contributed by atoms with Crippen molar-refractivity contribution in [2.75, 3.05) is 23.0 Å². The number of anilines is 2. The summed E-state index contributed by atoms with van der Waals surface area (Å²) in [4.78, 5) is 5.14. The van der Waals surface area contributed by atoms with E-state index < -0.39 is 0 Å². The molecule has 1 aliphatic carbocycles. The van der Waals surface area contributed by atoms with Crippen LogP contribution in [-0.4, -0.2) is 25.3 Å². The first kappa shape index (κ1) is 21.8. The Morgan fingerprint density at radius 2 is 1.48 bits per heavy atom. The van der Waals surface area contributed by atoms with E-state index in [0.29, 0.717) is 18.7 Å². The van der Waals surface area contributed by atoms with Gasteiger partial charge in [-0.05, 0) is 68.0 Å². The van der Waals surface area contributed by atoms with E-state index in [1.54, 1.807) is 0 Å². The average Bonchev–Trinajstić information content (AvgIpc) is 3.27. The van der Waals surface area contributed by atoms with Crippen molar-refractivity contribution >= 4 is 11.4 Å². The molecule has 1 N–H and O–H groups in total. The molecular formula is C29H35N3O. The van der Waals surface area contributed by atoms with Crippen molar-refractivity contribution < 1.29 is 4.74 Å². The Hall–Kier alpha value is -2.98. The second-order valence-electron chi connectivity index (χ2n) is 9.26. The molecule has 0 atom stereocenters. The van der Waals surface area contributed by atoms with Crippen LogP contribution in [0.4, 0.5) is 11.4 Å². The smallest absolute Gasteiger partial charge is 0.119 e. The summed E-state index contributed by atoms with van der Waals surface area (Å²) in [6.07, 6.45) is 5.01. The molecule has 3 aromatic carbocycles. The molecule has 0 radical (unpaired) electrons. The molecule has 1 heterocycles. The van der Waals surface area contributed by atoms with Crippen molar-refractivity contribution in [1.82, 2.24) is 5.32 Å². The van der Waals surface area contributed by atoms with E-state index in [1.165, 1.54) is 48.2 Å². The van der Waals surface area contributed by atoms with Crippen molar-refractivity contribution in [2.24, 2.45) is 0 Å². The van der Waals surface area contributed by atoms with Gasteiger partial charge in [0, 0.05) is 25.2 Å². The van der Waals surface area contributed by atoms with Gasteiger partial charge in [0.2, 0.25) is 0 Å². The van der Waals surface area contributed by atoms with Crippen LogP contribution in [0, 0.1) is 0 Å². The van der Waals surface area contributed by atoms with E-state index in [2.05, 4.69) is 82.7 Å². The Labute approximate surface area is 198 Å². The number of fused-ring (bicyclic) bond motifs is 1. The Balaban J connectivity index is 1.08. The lowest BCUT2D eigenvalue weighted by atomic mass is 9.90. The Morgan fingerprint density at radius 3 is 2.21 bits per heavy atom. The van der Waals surface area contributed by atoms with Crippen LogP contribution in [0.15, 0.2) is 78.9 Å². The molecule has 0 unspecified atom stereocenters. The highest BCUT2D eigenvalue weighted by atomic mass is 16.5. The molecule has 4 nitrogen and oxygen atoms in total. The molecule has 1 fully saturated rings. The summed E-state index contributed by atoms with van der Waals surface area (Å²) < 4.78 is 5.91. The lowest BCUT2D eigenvalue weighted by Gasteiger charge is -2.36. The first-order valence-electron chi connectivity index (χ1n) is 12.4. The van der Waals surface area contributed by atoms with Crippen LogP contribution >= 0.6 is 0 Å². The van der Waals surface area contributed by atoms with Crippen molar-refractivity contribution in [2.45, 2.75) is 57.8 Å². The Morgan fingerprint density at radius 1 is 0.788 bits per heavy atom. The number of para-hydroxylation sites is 2. The molecule has 0 spiro atoms. The van der Waals surface area contributed by atoms with E-state index in [0.717, 1.165) is 25.5 Å². The summed E-state index contributed by atoms with van der Waals surface area (Å²) in [5.74, 6) is 0.926. The third-order valence-electron chi connectivity index (χ3n) is 7.14. The minimum Gasteiger partial charge on any atom is -0.489 e. The van der Waals surface area contributed by atoms with Crippen LogP contribution < -0.4 is 19.9 Å². The zero-order valence-corrected chi connectivity index (χ0v) is 19.6. The van der Waals surface area contributed by atoms with Gasteiger partial charge >= 0.3 is 0 Å². The molecule has 1 saturated carbocycles. The number of nitrogens with one attached hydrogen (secondary N) is 1. The molecule has 3 aromatic rings. The van der Waals surface area contributed by atoms with E-state index in [4.69, 9.17) is 4.74 Å². The highest BCUT2D eigenvalue weighted by Gasteiger charge is 2.32. The van der Waals surface area contributed by atoms with E-state index >= 15 is 0 Å². The maximum Gasteiger partial charge on any atom is 0.119 e. The van der Waals surface area contributed by atoms with E-state index in [9.17, 15) is 0 Å². The molecule has 172 valence electrons.